The molecule has 7 heteroatoms. The second-order valence-electron chi connectivity index (χ2n) is 6.14. The number of nitrogens with one attached hydrogen (secondary N) is 2. The third-order valence-corrected chi connectivity index (χ3v) is 4.35. The molecule has 144 valence electrons. The number of methoxy groups -OCH3 is 1. The molecule has 2 aromatic carbocycles. The predicted molar refractivity (Wildman–Crippen MR) is 110 cm³/mol. The molecule has 0 aliphatic rings. The van der Waals surface area contributed by atoms with Gasteiger partial charge < -0.3 is 15.4 Å². The van der Waals surface area contributed by atoms with Crippen LogP contribution < -0.4 is 15.4 Å². The van der Waals surface area contributed by atoms with E-state index in [0.29, 0.717) is 18.9 Å². The molecule has 3 aromatic rings. The summed E-state index contributed by atoms with van der Waals surface area (Å²) in [5.74, 6) is 1.13. The molecule has 0 radical (unpaired) electrons. The van der Waals surface area contributed by atoms with Crippen molar-refractivity contribution < 1.29 is 9.53 Å². The Morgan fingerprint density at radius 1 is 1.04 bits per heavy atom. The van der Waals surface area contributed by atoms with Crippen LogP contribution in [0.1, 0.15) is 21.6 Å². The Kier molecular flexibility index (Phi) is 6.81. The Balaban J connectivity index is 1.46. The molecule has 0 spiro atoms. The summed E-state index contributed by atoms with van der Waals surface area (Å²) in [6.45, 7) is 1.10. The molecular weight excluding hydrogens is 376 g/mol. The number of halogens is 1. The zero-order valence-electron chi connectivity index (χ0n) is 15.5. The zero-order chi connectivity index (χ0) is 19.8. The highest BCUT2D eigenvalue weighted by atomic mass is 35.5. The first-order valence-corrected chi connectivity index (χ1v) is 9.25. The van der Waals surface area contributed by atoms with Crippen LogP contribution in [0.3, 0.4) is 0 Å². The van der Waals surface area contributed by atoms with Crippen molar-refractivity contribution >= 4 is 23.3 Å². The van der Waals surface area contributed by atoms with Gasteiger partial charge in [-0.25, -0.2) is 0 Å². The van der Waals surface area contributed by atoms with Gasteiger partial charge in [-0.1, -0.05) is 35.9 Å². The van der Waals surface area contributed by atoms with Gasteiger partial charge in [-0.2, -0.15) is 0 Å². The van der Waals surface area contributed by atoms with Gasteiger partial charge in [0.15, 0.2) is 5.69 Å². The number of hydrogen-bond donors (Lipinski definition) is 2. The third-order valence-electron chi connectivity index (χ3n) is 4.12. The summed E-state index contributed by atoms with van der Waals surface area (Å²) in [5, 5.41) is 14.8. The molecule has 0 saturated carbocycles. The molecule has 1 amide bonds. The van der Waals surface area contributed by atoms with E-state index in [1.807, 2.05) is 48.5 Å². The number of rotatable bonds is 8. The molecule has 1 heterocycles. The van der Waals surface area contributed by atoms with E-state index in [1.165, 1.54) is 0 Å². The highest BCUT2D eigenvalue weighted by Gasteiger charge is 2.08. The fraction of sp³-hybridized carbons (Fsp3) is 0.190. The van der Waals surface area contributed by atoms with Crippen LogP contribution in [-0.2, 0) is 13.0 Å². The molecule has 0 aliphatic heterocycles. The lowest BCUT2D eigenvalue weighted by atomic mass is 10.1. The van der Waals surface area contributed by atoms with Gasteiger partial charge in [0, 0.05) is 18.1 Å². The molecule has 0 unspecified atom stereocenters. The van der Waals surface area contributed by atoms with E-state index in [-0.39, 0.29) is 11.6 Å². The van der Waals surface area contributed by atoms with E-state index >= 15 is 0 Å². The van der Waals surface area contributed by atoms with Gasteiger partial charge in [0.25, 0.3) is 5.91 Å². The molecule has 2 N–H and O–H groups in total. The SMILES string of the molecule is COc1ccc(CNC(=O)c2ccc(NCCc3cccc(Cl)c3)nn2)cc1. The van der Waals surface area contributed by atoms with Crippen LogP contribution in [-0.4, -0.2) is 29.8 Å². The number of nitrogens with zero attached hydrogens (tertiary/aromatic N) is 2. The van der Waals surface area contributed by atoms with E-state index in [0.717, 1.165) is 28.3 Å². The first-order chi connectivity index (χ1) is 13.6. The maximum Gasteiger partial charge on any atom is 0.272 e. The number of amides is 1. The van der Waals surface area contributed by atoms with Crippen molar-refractivity contribution in [1.29, 1.82) is 0 Å². The number of anilines is 1. The van der Waals surface area contributed by atoms with Crippen LogP contribution in [0.4, 0.5) is 5.82 Å². The molecule has 1 aromatic heterocycles. The largest absolute Gasteiger partial charge is 0.497 e. The van der Waals surface area contributed by atoms with Crippen molar-refractivity contribution in [3.63, 3.8) is 0 Å². The average Bonchev–Trinajstić information content (AvgIpc) is 2.73. The number of ether oxygens (including phenoxy) is 1. The van der Waals surface area contributed by atoms with Crippen molar-refractivity contribution in [2.24, 2.45) is 0 Å². The minimum atomic E-state index is -0.270. The standard InChI is InChI=1S/C21H21ClN4O2/c1-28-18-7-5-16(6-8-18)14-24-21(27)19-9-10-20(26-25-19)23-12-11-15-3-2-4-17(22)13-15/h2-10,13H,11-12,14H2,1H3,(H,23,26)(H,24,27). The van der Waals surface area contributed by atoms with Gasteiger partial charge in [0.2, 0.25) is 0 Å². The number of carbonyl (C=O) groups is 1. The van der Waals surface area contributed by atoms with Crippen LogP contribution in [0, 0.1) is 0 Å². The molecule has 0 atom stereocenters. The Hall–Kier alpha value is -3.12. The Labute approximate surface area is 168 Å². The van der Waals surface area contributed by atoms with Gasteiger partial charge in [-0.3, -0.25) is 4.79 Å². The topological polar surface area (TPSA) is 76.1 Å². The maximum absolute atomic E-state index is 12.2. The molecule has 0 saturated heterocycles. The van der Waals surface area contributed by atoms with Gasteiger partial charge in [-0.05, 0) is 53.9 Å². The average molecular weight is 397 g/mol. The predicted octanol–water partition coefficient (Wildman–Crippen LogP) is 3.72. The van der Waals surface area contributed by atoms with Crippen molar-refractivity contribution in [3.8, 4) is 5.75 Å². The van der Waals surface area contributed by atoms with Crippen LogP contribution in [0.5, 0.6) is 5.75 Å². The van der Waals surface area contributed by atoms with E-state index < -0.39 is 0 Å². The summed E-state index contributed by atoms with van der Waals surface area (Å²) in [6, 6.07) is 18.6. The number of carbonyl (C=O) groups excluding carboxylic acids is 1. The van der Waals surface area contributed by atoms with E-state index in [1.54, 1.807) is 19.2 Å². The summed E-state index contributed by atoms with van der Waals surface area (Å²) in [5.41, 5.74) is 2.39. The van der Waals surface area contributed by atoms with E-state index in [4.69, 9.17) is 16.3 Å². The second kappa shape index (κ2) is 9.71. The summed E-state index contributed by atoms with van der Waals surface area (Å²) < 4.78 is 5.12. The van der Waals surface area contributed by atoms with Crippen molar-refractivity contribution in [2.75, 3.05) is 19.0 Å². The van der Waals surface area contributed by atoms with Gasteiger partial charge in [-0.15, -0.1) is 10.2 Å². The lowest BCUT2D eigenvalue weighted by Crippen LogP contribution is -2.24. The minimum Gasteiger partial charge on any atom is -0.497 e. The third kappa shape index (κ3) is 5.69. The molecule has 0 fully saturated rings. The van der Waals surface area contributed by atoms with Crippen LogP contribution in [0.15, 0.2) is 60.7 Å². The van der Waals surface area contributed by atoms with Crippen molar-refractivity contribution in [1.82, 2.24) is 15.5 Å². The lowest BCUT2D eigenvalue weighted by Gasteiger charge is -2.07. The summed E-state index contributed by atoms with van der Waals surface area (Å²) in [4.78, 5) is 12.2. The normalized spacial score (nSPS) is 10.4. The number of benzene rings is 2. The fourth-order valence-corrected chi connectivity index (χ4v) is 2.80. The summed E-state index contributed by atoms with van der Waals surface area (Å²) >= 11 is 5.98. The molecular formula is C21H21ClN4O2. The molecule has 0 bridgehead atoms. The summed E-state index contributed by atoms with van der Waals surface area (Å²) in [6.07, 6.45) is 0.812. The lowest BCUT2D eigenvalue weighted by molar-refractivity contribution is 0.0945. The highest BCUT2D eigenvalue weighted by Crippen LogP contribution is 2.12. The van der Waals surface area contributed by atoms with Crippen LogP contribution >= 0.6 is 11.6 Å². The Morgan fingerprint density at radius 2 is 1.86 bits per heavy atom. The smallest absolute Gasteiger partial charge is 0.272 e. The minimum absolute atomic E-state index is 0.270. The Bertz CT molecular complexity index is 914. The zero-order valence-corrected chi connectivity index (χ0v) is 16.2. The molecule has 28 heavy (non-hydrogen) atoms. The molecule has 0 aliphatic carbocycles. The van der Waals surface area contributed by atoms with Crippen LogP contribution in [0.2, 0.25) is 5.02 Å². The Morgan fingerprint density at radius 3 is 2.54 bits per heavy atom. The fourth-order valence-electron chi connectivity index (χ4n) is 2.59. The number of hydrogen-bond acceptors (Lipinski definition) is 5. The summed E-state index contributed by atoms with van der Waals surface area (Å²) in [7, 11) is 1.62. The van der Waals surface area contributed by atoms with Crippen LogP contribution in [0.25, 0.3) is 0 Å². The highest BCUT2D eigenvalue weighted by molar-refractivity contribution is 6.30. The second-order valence-corrected chi connectivity index (χ2v) is 6.58. The molecule has 3 rings (SSSR count). The molecule has 6 nitrogen and oxygen atoms in total. The van der Waals surface area contributed by atoms with Gasteiger partial charge >= 0.3 is 0 Å². The quantitative estimate of drug-likeness (QED) is 0.606. The van der Waals surface area contributed by atoms with Gasteiger partial charge in [0.05, 0.1) is 7.11 Å². The monoisotopic (exact) mass is 396 g/mol. The van der Waals surface area contributed by atoms with Crippen molar-refractivity contribution in [3.05, 3.63) is 82.5 Å². The first-order valence-electron chi connectivity index (χ1n) is 8.87. The van der Waals surface area contributed by atoms with Crippen molar-refractivity contribution in [2.45, 2.75) is 13.0 Å². The van der Waals surface area contributed by atoms with E-state index in [2.05, 4.69) is 20.8 Å². The number of aromatic nitrogens is 2. The maximum atomic E-state index is 12.2. The van der Waals surface area contributed by atoms with Gasteiger partial charge in [0.1, 0.15) is 11.6 Å². The van der Waals surface area contributed by atoms with E-state index in [9.17, 15) is 4.79 Å². The first kappa shape index (κ1) is 19.6.